The lowest BCUT2D eigenvalue weighted by atomic mass is 9.92. The lowest BCUT2D eigenvalue weighted by Gasteiger charge is -2.35. The first kappa shape index (κ1) is 14.5. The molecule has 0 aliphatic carbocycles. The smallest absolute Gasteiger partial charge is 0.290 e. The third-order valence-electron chi connectivity index (χ3n) is 4.84. The molecule has 0 fully saturated rings. The van der Waals surface area contributed by atoms with E-state index in [4.69, 9.17) is 9.15 Å². The van der Waals surface area contributed by atoms with E-state index in [1.165, 1.54) is 6.07 Å². The predicted molar refractivity (Wildman–Crippen MR) is 81.6 cm³/mol. The third-order valence-corrected chi connectivity index (χ3v) is 4.84. The second kappa shape index (κ2) is 5.49. The molecule has 3 heterocycles. The number of hydrogen-bond acceptors (Lipinski definition) is 3. The van der Waals surface area contributed by atoms with Gasteiger partial charge in [0.2, 0.25) is 0 Å². The second-order valence-corrected chi connectivity index (χ2v) is 6.11. The van der Waals surface area contributed by atoms with Gasteiger partial charge in [-0.2, -0.15) is 0 Å². The molecule has 0 saturated carbocycles. The van der Waals surface area contributed by atoms with E-state index in [9.17, 15) is 9.18 Å². The Morgan fingerprint density at radius 3 is 3.04 bits per heavy atom. The highest BCUT2D eigenvalue weighted by Crippen LogP contribution is 2.34. The lowest BCUT2D eigenvalue weighted by molar-refractivity contribution is 0.0637. The molecule has 0 spiro atoms. The van der Waals surface area contributed by atoms with Crippen LogP contribution in [0.5, 0.6) is 0 Å². The van der Waals surface area contributed by atoms with Crippen molar-refractivity contribution in [1.82, 2.24) is 4.90 Å². The number of amides is 1. The van der Waals surface area contributed by atoms with Crippen molar-refractivity contribution in [3.8, 4) is 0 Å². The topological polar surface area (TPSA) is 42.7 Å². The van der Waals surface area contributed by atoms with Crippen molar-refractivity contribution in [2.24, 2.45) is 0 Å². The molecule has 2 aliphatic rings. The fourth-order valence-electron chi connectivity index (χ4n) is 3.62. The SMILES string of the molecule is CC1c2c(F)cccc2CCN1C(=O)c1occ2c1CCOC2. The van der Waals surface area contributed by atoms with Crippen LogP contribution in [0.4, 0.5) is 4.39 Å². The molecule has 1 unspecified atom stereocenters. The summed E-state index contributed by atoms with van der Waals surface area (Å²) in [5.74, 6) is -0.0214. The summed E-state index contributed by atoms with van der Waals surface area (Å²) < 4.78 is 25.1. The molecule has 0 bridgehead atoms. The first-order valence-corrected chi connectivity index (χ1v) is 7.92. The molecule has 4 nitrogen and oxygen atoms in total. The van der Waals surface area contributed by atoms with Gasteiger partial charge < -0.3 is 14.1 Å². The highest BCUT2D eigenvalue weighted by atomic mass is 19.1. The molecule has 1 aromatic carbocycles. The summed E-state index contributed by atoms with van der Waals surface area (Å²) in [4.78, 5) is 14.6. The van der Waals surface area contributed by atoms with Gasteiger partial charge >= 0.3 is 0 Å². The van der Waals surface area contributed by atoms with Crippen molar-refractivity contribution in [3.05, 3.63) is 58.3 Å². The number of nitrogens with zero attached hydrogens (tertiary/aromatic N) is 1. The van der Waals surface area contributed by atoms with Gasteiger partial charge in [0.25, 0.3) is 5.91 Å². The van der Waals surface area contributed by atoms with Gasteiger partial charge in [0, 0.05) is 29.7 Å². The fraction of sp³-hybridized carbons (Fsp3) is 0.389. The Labute approximate surface area is 133 Å². The van der Waals surface area contributed by atoms with E-state index in [2.05, 4.69) is 0 Å². The van der Waals surface area contributed by atoms with Crippen molar-refractivity contribution < 1.29 is 18.3 Å². The molecule has 2 aromatic rings. The average Bonchev–Trinajstić information content (AvgIpc) is 2.98. The summed E-state index contributed by atoms with van der Waals surface area (Å²) >= 11 is 0. The molecular formula is C18H18FNO3. The number of rotatable bonds is 1. The van der Waals surface area contributed by atoms with E-state index >= 15 is 0 Å². The molecule has 2 aliphatic heterocycles. The number of carbonyl (C=O) groups is 1. The summed E-state index contributed by atoms with van der Waals surface area (Å²) in [6.07, 6.45) is 2.94. The van der Waals surface area contributed by atoms with Gasteiger partial charge in [-0.1, -0.05) is 12.1 Å². The zero-order valence-corrected chi connectivity index (χ0v) is 13.0. The highest BCUT2D eigenvalue weighted by molar-refractivity contribution is 5.93. The molecule has 0 radical (unpaired) electrons. The molecule has 1 aromatic heterocycles. The zero-order chi connectivity index (χ0) is 16.0. The average molecular weight is 315 g/mol. The lowest BCUT2D eigenvalue weighted by Crippen LogP contribution is -2.39. The van der Waals surface area contributed by atoms with Gasteiger partial charge in [-0.15, -0.1) is 0 Å². The molecule has 4 rings (SSSR count). The van der Waals surface area contributed by atoms with Gasteiger partial charge in [-0.3, -0.25) is 4.79 Å². The standard InChI is InChI=1S/C18H18FNO3/c1-11-16-12(3-2-4-15(16)19)5-7-20(11)18(21)17-14-6-8-22-9-13(14)10-23-17/h2-4,10-11H,5-9H2,1H3. The Morgan fingerprint density at radius 2 is 2.17 bits per heavy atom. The summed E-state index contributed by atoms with van der Waals surface area (Å²) in [7, 11) is 0. The van der Waals surface area contributed by atoms with Gasteiger partial charge in [0.05, 0.1) is 25.5 Å². The van der Waals surface area contributed by atoms with Gasteiger partial charge in [0.1, 0.15) is 5.82 Å². The molecule has 23 heavy (non-hydrogen) atoms. The molecule has 120 valence electrons. The van der Waals surface area contributed by atoms with Crippen LogP contribution in [0.25, 0.3) is 0 Å². The van der Waals surface area contributed by atoms with Crippen LogP contribution in [0.1, 0.15) is 45.8 Å². The van der Waals surface area contributed by atoms with Gasteiger partial charge in [-0.05, 0) is 25.0 Å². The summed E-state index contributed by atoms with van der Waals surface area (Å²) in [5.41, 5.74) is 3.48. The van der Waals surface area contributed by atoms with Crippen molar-refractivity contribution in [2.75, 3.05) is 13.2 Å². The quantitative estimate of drug-likeness (QED) is 0.811. The van der Waals surface area contributed by atoms with E-state index in [-0.39, 0.29) is 17.8 Å². The van der Waals surface area contributed by atoms with Crippen molar-refractivity contribution in [3.63, 3.8) is 0 Å². The van der Waals surface area contributed by atoms with Crippen LogP contribution in [0.3, 0.4) is 0 Å². The second-order valence-electron chi connectivity index (χ2n) is 6.11. The van der Waals surface area contributed by atoms with Crippen molar-refractivity contribution >= 4 is 5.91 Å². The monoisotopic (exact) mass is 315 g/mol. The Bertz CT molecular complexity index is 768. The summed E-state index contributed by atoms with van der Waals surface area (Å²) in [6.45, 7) is 3.53. The van der Waals surface area contributed by atoms with E-state index in [1.807, 2.05) is 13.0 Å². The van der Waals surface area contributed by atoms with Crippen LogP contribution >= 0.6 is 0 Å². The maximum absolute atomic E-state index is 14.2. The molecule has 5 heteroatoms. The number of fused-ring (bicyclic) bond motifs is 2. The third kappa shape index (κ3) is 2.27. The predicted octanol–water partition coefficient (Wildman–Crippen LogP) is 3.25. The van der Waals surface area contributed by atoms with E-state index in [1.54, 1.807) is 17.2 Å². The number of furan rings is 1. The highest BCUT2D eigenvalue weighted by Gasteiger charge is 2.33. The van der Waals surface area contributed by atoms with Crippen LogP contribution in [-0.4, -0.2) is 24.0 Å². The van der Waals surface area contributed by atoms with Crippen molar-refractivity contribution in [1.29, 1.82) is 0 Å². The first-order valence-electron chi connectivity index (χ1n) is 7.92. The normalized spacial score (nSPS) is 20.1. The Balaban J connectivity index is 1.68. The van der Waals surface area contributed by atoms with Crippen LogP contribution < -0.4 is 0 Å². The Kier molecular flexibility index (Phi) is 3.45. The molecule has 0 N–H and O–H groups in total. The number of hydrogen-bond donors (Lipinski definition) is 0. The Hall–Kier alpha value is -2.14. The minimum atomic E-state index is -0.298. The number of ether oxygens (including phenoxy) is 1. The number of carbonyl (C=O) groups excluding carboxylic acids is 1. The van der Waals surface area contributed by atoms with Gasteiger partial charge in [0.15, 0.2) is 5.76 Å². The van der Waals surface area contributed by atoms with Crippen LogP contribution in [-0.2, 0) is 24.2 Å². The molecular weight excluding hydrogens is 297 g/mol. The largest absolute Gasteiger partial charge is 0.458 e. The fourth-order valence-corrected chi connectivity index (χ4v) is 3.62. The Morgan fingerprint density at radius 1 is 1.30 bits per heavy atom. The van der Waals surface area contributed by atoms with Crippen LogP contribution in [0.2, 0.25) is 0 Å². The summed E-state index contributed by atoms with van der Waals surface area (Å²) in [6, 6.07) is 4.81. The number of halogens is 1. The number of benzene rings is 1. The maximum Gasteiger partial charge on any atom is 0.290 e. The minimum absolute atomic E-state index is 0.158. The van der Waals surface area contributed by atoms with Crippen LogP contribution in [0, 0.1) is 5.82 Å². The van der Waals surface area contributed by atoms with E-state index in [0.29, 0.717) is 43.9 Å². The van der Waals surface area contributed by atoms with Gasteiger partial charge in [-0.25, -0.2) is 4.39 Å². The van der Waals surface area contributed by atoms with E-state index < -0.39 is 0 Å². The zero-order valence-electron chi connectivity index (χ0n) is 13.0. The molecule has 1 atom stereocenters. The maximum atomic E-state index is 14.2. The first-order chi connectivity index (χ1) is 11.2. The molecule has 1 amide bonds. The molecule has 0 saturated heterocycles. The summed E-state index contributed by atoms with van der Waals surface area (Å²) in [5, 5.41) is 0. The van der Waals surface area contributed by atoms with E-state index in [0.717, 1.165) is 16.7 Å². The van der Waals surface area contributed by atoms with Crippen molar-refractivity contribution in [2.45, 2.75) is 32.4 Å². The van der Waals surface area contributed by atoms with Crippen LogP contribution in [0.15, 0.2) is 28.9 Å². The minimum Gasteiger partial charge on any atom is -0.458 e.